The second-order valence-corrected chi connectivity index (χ2v) is 8.39. The Morgan fingerprint density at radius 3 is 1.58 bits per heavy atom. The Morgan fingerprint density at radius 2 is 1.19 bits per heavy atom. The fourth-order valence-electron chi connectivity index (χ4n) is 3.79. The second kappa shape index (κ2) is 19.1. The van der Waals surface area contributed by atoms with Gasteiger partial charge in [0.1, 0.15) is 6.10 Å². The van der Waals surface area contributed by atoms with E-state index in [0.717, 1.165) is 19.3 Å². The maximum Gasteiger partial charge on any atom is 0.303 e. The van der Waals surface area contributed by atoms with E-state index in [1.165, 1.54) is 78.6 Å². The van der Waals surface area contributed by atoms with Crippen molar-refractivity contribution in [2.45, 2.75) is 129 Å². The number of esters is 2. The fourth-order valence-corrected chi connectivity index (χ4v) is 3.79. The lowest BCUT2D eigenvalue weighted by Crippen LogP contribution is -2.53. The summed E-state index contributed by atoms with van der Waals surface area (Å²) in [6, 6.07) is -0.830. The molecule has 0 radical (unpaired) electrons. The van der Waals surface area contributed by atoms with Crippen LogP contribution in [0.25, 0.3) is 0 Å². The lowest BCUT2D eigenvalue weighted by atomic mass is 9.98. The maximum atomic E-state index is 11.6. The van der Waals surface area contributed by atoms with Crippen LogP contribution in [-0.4, -0.2) is 47.8 Å². The highest BCUT2D eigenvalue weighted by molar-refractivity contribution is 5.73. The summed E-state index contributed by atoms with van der Waals surface area (Å²) in [5.74, 6) is -1.40. The largest absolute Gasteiger partial charge is 0.459 e. The van der Waals surface area contributed by atoms with Crippen molar-refractivity contribution in [3.63, 3.8) is 0 Å². The summed E-state index contributed by atoms with van der Waals surface area (Å²) in [6.45, 7) is 5.68. The van der Waals surface area contributed by atoms with Gasteiger partial charge in [-0.1, -0.05) is 77.6 Å². The average Bonchev–Trinajstić information content (AvgIpc) is 2.69. The minimum atomic E-state index is -0.928. The number of hydrogen-bond donors (Lipinski definition) is 2. The second-order valence-electron chi connectivity index (χ2n) is 8.39. The third-order valence-corrected chi connectivity index (χ3v) is 5.31. The molecule has 3 atom stereocenters. The highest BCUT2D eigenvalue weighted by Crippen LogP contribution is 2.19. The zero-order valence-corrected chi connectivity index (χ0v) is 20.1. The van der Waals surface area contributed by atoms with E-state index in [-0.39, 0.29) is 5.91 Å². The number of unbranched alkanes of at least 4 members (excludes halogenated alkanes) is 11. The van der Waals surface area contributed by atoms with E-state index in [9.17, 15) is 19.5 Å². The van der Waals surface area contributed by atoms with Crippen LogP contribution in [-0.2, 0) is 23.9 Å². The van der Waals surface area contributed by atoms with Crippen LogP contribution in [0.1, 0.15) is 111 Å². The number of amides is 1. The van der Waals surface area contributed by atoms with Crippen molar-refractivity contribution < 1.29 is 29.0 Å². The quantitative estimate of drug-likeness (QED) is 0.226. The van der Waals surface area contributed by atoms with Gasteiger partial charge in [-0.3, -0.25) is 14.4 Å². The molecule has 0 aromatic heterocycles. The Morgan fingerprint density at radius 1 is 0.742 bits per heavy atom. The third kappa shape index (κ3) is 16.7. The van der Waals surface area contributed by atoms with Crippen molar-refractivity contribution in [2.75, 3.05) is 6.61 Å². The number of carbonyl (C=O) groups excluding carboxylic acids is 3. The third-order valence-electron chi connectivity index (χ3n) is 5.31. The van der Waals surface area contributed by atoms with Crippen molar-refractivity contribution in [3.8, 4) is 0 Å². The van der Waals surface area contributed by atoms with Crippen molar-refractivity contribution in [3.05, 3.63) is 0 Å². The van der Waals surface area contributed by atoms with Crippen molar-refractivity contribution in [1.82, 2.24) is 5.32 Å². The first-order valence-corrected chi connectivity index (χ1v) is 12.0. The average molecular weight is 444 g/mol. The Hall–Kier alpha value is -1.63. The molecule has 0 saturated heterocycles. The number of carbonyl (C=O) groups is 3. The summed E-state index contributed by atoms with van der Waals surface area (Å²) in [7, 11) is 0. The van der Waals surface area contributed by atoms with Crippen LogP contribution >= 0.6 is 0 Å². The van der Waals surface area contributed by atoms with E-state index in [0.29, 0.717) is 6.42 Å². The maximum absolute atomic E-state index is 11.6. The fraction of sp³-hybridized carbons (Fsp3) is 0.875. The molecule has 31 heavy (non-hydrogen) atoms. The molecule has 0 unspecified atom stereocenters. The predicted octanol–water partition coefficient (Wildman–Crippen LogP) is 4.44. The number of aliphatic hydroxyl groups is 1. The number of nitrogens with one attached hydrogen (secondary N) is 1. The normalized spacial score (nSPS) is 13.8. The Balaban J connectivity index is 4.41. The molecule has 182 valence electrons. The molecule has 2 N–H and O–H groups in total. The predicted molar refractivity (Wildman–Crippen MR) is 121 cm³/mol. The van der Waals surface area contributed by atoms with E-state index in [4.69, 9.17) is 9.47 Å². The van der Waals surface area contributed by atoms with Gasteiger partial charge in [0.15, 0.2) is 6.10 Å². The topological polar surface area (TPSA) is 102 Å². The molecule has 0 fully saturated rings. The lowest BCUT2D eigenvalue weighted by molar-refractivity contribution is -0.170. The van der Waals surface area contributed by atoms with Crippen LogP contribution in [0, 0.1) is 0 Å². The van der Waals surface area contributed by atoms with E-state index >= 15 is 0 Å². The minimum absolute atomic E-state index is 0.358. The van der Waals surface area contributed by atoms with Gasteiger partial charge < -0.3 is 19.9 Å². The van der Waals surface area contributed by atoms with Gasteiger partial charge in [0, 0.05) is 20.8 Å². The molecule has 0 aliphatic rings. The highest BCUT2D eigenvalue weighted by atomic mass is 16.6. The van der Waals surface area contributed by atoms with Gasteiger partial charge in [0.25, 0.3) is 0 Å². The van der Waals surface area contributed by atoms with Crippen molar-refractivity contribution in [2.24, 2.45) is 0 Å². The molecular formula is C24H45NO6. The summed E-state index contributed by atoms with van der Waals surface area (Å²) in [5, 5.41) is 12.2. The Kier molecular flexibility index (Phi) is 18.1. The van der Waals surface area contributed by atoms with Crippen LogP contribution in [0.3, 0.4) is 0 Å². The van der Waals surface area contributed by atoms with Gasteiger partial charge in [-0.25, -0.2) is 0 Å². The molecule has 7 nitrogen and oxygen atoms in total. The molecule has 7 heteroatoms. The van der Waals surface area contributed by atoms with Gasteiger partial charge in [-0.15, -0.1) is 0 Å². The molecule has 0 bridgehead atoms. The summed E-state index contributed by atoms with van der Waals surface area (Å²) in [4.78, 5) is 34.6. The Labute approximate surface area is 188 Å². The first-order chi connectivity index (χ1) is 14.8. The van der Waals surface area contributed by atoms with Gasteiger partial charge in [-0.05, 0) is 12.8 Å². The minimum Gasteiger partial charge on any atom is -0.459 e. The van der Waals surface area contributed by atoms with Crippen LogP contribution < -0.4 is 5.32 Å². The SMILES string of the molecule is CCCCCCCCCCCCCC[C@@H](OC(C)=O)[C@@H](OC(C)=O)[C@@H](CO)NC(C)=O. The smallest absolute Gasteiger partial charge is 0.303 e. The summed E-state index contributed by atoms with van der Waals surface area (Å²) in [5.41, 5.74) is 0. The molecule has 0 aromatic carbocycles. The molecule has 1 amide bonds. The van der Waals surface area contributed by atoms with Gasteiger partial charge in [0.2, 0.25) is 5.91 Å². The van der Waals surface area contributed by atoms with Gasteiger partial charge in [-0.2, -0.15) is 0 Å². The van der Waals surface area contributed by atoms with Crippen LogP contribution in [0.5, 0.6) is 0 Å². The number of rotatable bonds is 19. The van der Waals surface area contributed by atoms with Crippen molar-refractivity contribution in [1.29, 1.82) is 0 Å². The molecule has 0 rings (SSSR count). The Bertz CT molecular complexity index is 496. The molecule has 0 heterocycles. The number of ether oxygens (including phenoxy) is 2. The van der Waals surface area contributed by atoms with E-state index < -0.39 is 36.8 Å². The number of aliphatic hydroxyl groups excluding tert-OH is 1. The molecule has 0 spiro atoms. The molecule has 0 aromatic rings. The van der Waals surface area contributed by atoms with Crippen LogP contribution in [0.15, 0.2) is 0 Å². The van der Waals surface area contributed by atoms with E-state index in [1.807, 2.05) is 0 Å². The number of hydrogen-bond acceptors (Lipinski definition) is 6. The lowest BCUT2D eigenvalue weighted by Gasteiger charge is -2.32. The van der Waals surface area contributed by atoms with Crippen LogP contribution in [0.2, 0.25) is 0 Å². The summed E-state index contributed by atoms with van der Waals surface area (Å²) >= 11 is 0. The summed E-state index contributed by atoms with van der Waals surface area (Å²) in [6.07, 6.45) is 13.5. The highest BCUT2D eigenvalue weighted by Gasteiger charge is 2.34. The summed E-state index contributed by atoms with van der Waals surface area (Å²) < 4.78 is 10.7. The van der Waals surface area contributed by atoms with Gasteiger partial charge in [0.05, 0.1) is 12.6 Å². The molecule has 0 aliphatic heterocycles. The van der Waals surface area contributed by atoms with Crippen LogP contribution in [0.4, 0.5) is 0 Å². The first kappa shape index (κ1) is 29.4. The molecule has 0 aliphatic carbocycles. The first-order valence-electron chi connectivity index (χ1n) is 12.0. The van der Waals surface area contributed by atoms with E-state index in [1.54, 1.807) is 0 Å². The van der Waals surface area contributed by atoms with Gasteiger partial charge >= 0.3 is 11.9 Å². The van der Waals surface area contributed by atoms with E-state index in [2.05, 4.69) is 12.2 Å². The molecule has 0 saturated carbocycles. The molecular weight excluding hydrogens is 398 g/mol. The zero-order valence-electron chi connectivity index (χ0n) is 20.1. The zero-order chi connectivity index (χ0) is 23.5. The monoisotopic (exact) mass is 443 g/mol. The standard InChI is InChI=1S/C24H45NO6/c1-5-6-7-8-9-10-11-12-13-14-15-16-17-23(30-20(3)28)24(31-21(4)29)22(18-26)25-19(2)27/h22-24,26H,5-18H2,1-4H3,(H,25,27)/t22-,23-,24+/m1/s1. The van der Waals surface area contributed by atoms with Crippen molar-refractivity contribution >= 4 is 17.8 Å².